The van der Waals surface area contributed by atoms with Gasteiger partial charge in [0.25, 0.3) is 0 Å². The van der Waals surface area contributed by atoms with E-state index in [1.165, 1.54) is 0 Å². The molecule has 0 amide bonds. The van der Waals surface area contributed by atoms with Gasteiger partial charge in [-0.05, 0) is 0 Å². The van der Waals surface area contributed by atoms with E-state index in [1.807, 2.05) is 0 Å². The van der Waals surface area contributed by atoms with Gasteiger partial charge in [0.05, 0.1) is 0 Å². The zero-order chi connectivity index (χ0) is 27.9. The van der Waals surface area contributed by atoms with Gasteiger partial charge in [-0.2, -0.15) is 0 Å². The quantitative estimate of drug-likeness (QED) is 0.141. The van der Waals surface area contributed by atoms with Crippen molar-refractivity contribution in [1.29, 1.82) is 0 Å². The number of hydrogen-bond acceptors (Lipinski definition) is 16. The fraction of sp³-hybridized carbons (Fsp3) is 0.833. The molecule has 3 fully saturated rings. The molecule has 0 radical (unpaired) electrons. The first-order valence-corrected chi connectivity index (χ1v) is 10.6. The third-order valence-corrected chi connectivity index (χ3v) is 5.99. The van der Waals surface area contributed by atoms with E-state index in [1.54, 1.807) is 0 Å². The second-order valence-electron chi connectivity index (χ2n) is 8.45. The third kappa shape index (κ3) is 5.68. The van der Waals surface area contributed by atoms with Gasteiger partial charge >= 0.3 is 17.9 Å². The summed E-state index contributed by atoms with van der Waals surface area (Å²) < 4.78 is 24.8. The SMILES string of the molecule is O=C(O)[C@@H]1O[C@@H](O[C@H]2[C@H](O)[C@H](O)[C@H](O[C@H]3[C@H](O)[C@H](O)C(O)O[C@H]3C(=O)O)O[C@H]2C(=O)O)[C@@H](O)[C@@H](O)[C@@H]1O. The average molecular weight is 546 g/mol. The fourth-order valence-electron chi connectivity index (χ4n) is 3.98. The molecular formula is C18H26O19. The number of aliphatic hydroxyl groups is 8. The molecule has 37 heavy (non-hydrogen) atoms. The molecule has 0 aliphatic carbocycles. The molecular weight excluding hydrogens is 520 g/mol. The van der Waals surface area contributed by atoms with Gasteiger partial charge in [-0.3, -0.25) is 0 Å². The summed E-state index contributed by atoms with van der Waals surface area (Å²) in [4.78, 5) is 34.5. The first-order chi connectivity index (χ1) is 17.2. The lowest BCUT2D eigenvalue weighted by molar-refractivity contribution is -0.368. The van der Waals surface area contributed by atoms with Crippen LogP contribution in [-0.4, -0.2) is 166 Å². The van der Waals surface area contributed by atoms with Crippen LogP contribution in [0.4, 0.5) is 0 Å². The van der Waals surface area contributed by atoms with E-state index < -0.39 is 110 Å². The Morgan fingerprint density at radius 1 is 0.459 bits per heavy atom. The van der Waals surface area contributed by atoms with Crippen LogP contribution in [0.15, 0.2) is 0 Å². The van der Waals surface area contributed by atoms with Crippen molar-refractivity contribution in [2.45, 2.75) is 92.1 Å². The molecule has 212 valence electrons. The summed E-state index contributed by atoms with van der Waals surface area (Å²) in [6, 6.07) is 0. The minimum Gasteiger partial charge on any atom is -0.479 e. The van der Waals surface area contributed by atoms with Crippen molar-refractivity contribution in [2.75, 3.05) is 0 Å². The Bertz CT molecular complexity index is 853. The summed E-state index contributed by atoms with van der Waals surface area (Å²) in [5.41, 5.74) is 0. The largest absolute Gasteiger partial charge is 0.479 e. The molecule has 3 rings (SSSR count). The van der Waals surface area contributed by atoms with Crippen molar-refractivity contribution in [3.8, 4) is 0 Å². The molecule has 0 bridgehead atoms. The normalized spacial score (nSPS) is 48.8. The molecule has 1 unspecified atom stereocenters. The monoisotopic (exact) mass is 546 g/mol. The number of carboxylic acids is 3. The van der Waals surface area contributed by atoms with E-state index in [2.05, 4.69) is 4.74 Å². The van der Waals surface area contributed by atoms with E-state index >= 15 is 0 Å². The summed E-state index contributed by atoms with van der Waals surface area (Å²) >= 11 is 0. The molecule has 19 heteroatoms. The van der Waals surface area contributed by atoms with Crippen molar-refractivity contribution in [3.63, 3.8) is 0 Å². The Morgan fingerprint density at radius 2 is 0.838 bits per heavy atom. The van der Waals surface area contributed by atoms with E-state index in [-0.39, 0.29) is 0 Å². The van der Waals surface area contributed by atoms with Crippen molar-refractivity contribution in [2.24, 2.45) is 0 Å². The van der Waals surface area contributed by atoms with Gasteiger partial charge in [0, 0.05) is 0 Å². The number of aliphatic hydroxyl groups excluding tert-OH is 8. The van der Waals surface area contributed by atoms with Crippen LogP contribution in [0.3, 0.4) is 0 Å². The van der Waals surface area contributed by atoms with Gasteiger partial charge in [-0.25, -0.2) is 14.4 Å². The highest BCUT2D eigenvalue weighted by Crippen LogP contribution is 2.32. The Kier molecular flexibility index (Phi) is 9.01. The molecule has 3 heterocycles. The van der Waals surface area contributed by atoms with Crippen LogP contribution < -0.4 is 0 Å². The molecule has 0 spiro atoms. The number of hydrogen-bond donors (Lipinski definition) is 11. The Balaban J connectivity index is 1.81. The summed E-state index contributed by atoms with van der Waals surface area (Å²) in [7, 11) is 0. The molecule has 3 aliphatic rings. The van der Waals surface area contributed by atoms with Crippen LogP contribution in [0.5, 0.6) is 0 Å². The summed E-state index contributed by atoms with van der Waals surface area (Å²) in [5.74, 6) is -5.46. The van der Waals surface area contributed by atoms with Crippen LogP contribution in [0.2, 0.25) is 0 Å². The lowest BCUT2D eigenvalue weighted by Gasteiger charge is -2.46. The molecule has 3 saturated heterocycles. The Labute approximate surface area is 205 Å². The van der Waals surface area contributed by atoms with Gasteiger partial charge in [-0.15, -0.1) is 0 Å². The predicted octanol–water partition coefficient (Wildman–Crippen LogP) is -7.30. The Hall–Kier alpha value is -2.11. The summed E-state index contributed by atoms with van der Waals surface area (Å²) in [6.45, 7) is 0. The molecule has 19 nitrogen and oxygen atoms in total. The molecule has 0 aromatic heterocycles. The highest BCUT2D eigenvalue weighted by atomic mass is 16.8. The standard InChI is InChI=1S/C18H26O19/c19-1-2(20)10(13(26)27)36-17(6(1)24)35-9-4(22)7(25)18(37-12(9)15(30)31)34-8-3(21)5(23)16(32)33-11(8)14(28)29/h1-12,16-25,32H,(H,26,27)(H,28,29)(H,30,31)/t1-,2-,3+,4+,5-,6-,7-,8-,9-,10+,11+,12+,16?,17+,18+/m0/s1. The maximum Gasteiger partial charge on any atom is 0.335 e. The van der Waals surface area contributed by atoms with E-state index in [0.29, 0.717) is 0 Å². The molecule has 3 aliphatic heterocycles. The molecule has 15 atom stereocenters. The molecule has 11 N–H and O–H groups in total. The lowest BCUT2D eigenvalue weighted by atomic mass is 9.95. The van der Waals surface area contributed by atoms with Crippen LogP contribution in [-0.2, 0) is 38.1 Å². The first-order valence-electron chi connectivity index (χ1n) is 10.6. The van der Waals surface area contributed by atoms with Gasteiger partial charge in [0.2, 0.25) is 0 Å². The number of rotatable bonds is 7. The fourth-order valence-corrected chi connectivity index (χ4v) is 3.98. The number of carboxylic acid groups (broad SMARTS) is 3. The number of aliphatic carboxylic acids is 3. The van der Waals surface area contributed by atoms with Gasteiger partial charge in [0.15, 0.2) is 37.2 Å². The second kappa shape index (κ2) is 11.3. The zero-order valence-corrected chi connectivity index (χ0v) is 18.3. The summed E-state index contributed by atoms with van der Waals surface area (Å²) in [6.07, 6.45) is -32.5. The topological polar surface area (TPSA) is 320 Å². The van der Waals surface area contributed by atoms with Crippen LogP contribution in [0, 0.1) is 0 Å². The highest BCUT2D eigenvalue weighted by Gasteiger charge is 2.56. The van der Waals surface area contributed by atoms with E-state index in [0.717, 1.165) is 0 Å². The molecule has 0 aromatic carbocycles. The predicted molar refractivity (Wildman–Crippen MR) is 103 cm³/mol. The highest BCUT2D eigenvalue weighted by molar-refractivity contribution is 5.74. The second-order valence-corrected chi connectivity index (χ2v) is 8.45. The third-order valence-electron chi connectivity index (χ3n) is 5.99. The first kappa shape index (κ1) is 29.4. The molecule has 0 aromatic rings. The lowest BCUT2D eigenvalue weighted by Crippen LogP contribution is -2.67. The minimum atomic E-state index is -2.29. The van der Waals surface area contributed by atoms with Crippen molar-refractivity contribution in [3.05, 3.63) is 0 Å². The smallest absolute Gasteiger partial charge is 0.335 e. The van der Waals surface area contributed by atoms with Crippen molar-refractivity contribution in [1.82, 2.24) is 0 Å². The molecule has 0 saturated carbocycles. The Morgan fingerprint density at radius 3 is 1.30 bits per heavy atom. The van der Waals surface area contributed by atoms with Gasteiger partial charge < -0.3 is 79.9 Å². The van der Waals surface area contributed by atoms with Gasteiger partial charge in [-0.1, -0.05) is 0 Å². The van der Waals surface area contributed by atoms with Crippen LogP contribution >= 0.6 is 0 Å². The van der Waals surface area contributed by atoms with E-state index in [4.69, 9.17) is 24.1 Å². The van der Waals surface area contributed by atoms with Crippen LogP contribution in [0.1, 0.15) is 0 Å². The number of carbonyl (C=O) groups is 3. The van der Waals surface area contributed by atoms with E-state index in [9.17, 15) is 65.4 Å². The van der Waals surface area contributed by atoms with Crippen LogP contribution in [0.25, 0.3) is 0 Å². The van der Waals surface area contributed by atoms with Crippen molar-refractivity contribution < 1.29 is 94.2 Å². The maximum atomic E-state index is 11.8. The summed E-state index contributed by atoms with van der Waals surface area (Å²) in [5, 5.41) is 108. The average Bonchev–Trinajstić information content (AvgIpc) is 2.82. The van der Waals surface area contributed by atoms with Crippen molar-refractivity contribution >= 4 is 17.9 Å². The maximum absolute atomic E-state index is 11.8. The van der Waals surface area contributed by atoms with Gasteiger partial charge in [0.1, 0.15) is 54.9 Å². The zero-order valence-electron chi connectivity index (χ0n) is 18.3. The number of ether oxygens (including phenoxy) is 5. The minimum absolute atomic E-state index is 1.79.